The lowest BCUT2D eigenvalue weighted by Crippen LogP contribution is -2.36. The van der Waals surface area contributed by atoms with Crippen LogP contribution in [0.15, 0.2) is 30.3 Å². The second kappa shape index (κ2) is 6.44. The van der Waals surface area contributed by atoms with Crippen LogP contribution in [-0.2, 0) is 15.5 Å². The predicted octanol–water partition coefficient (Wildman–Crippen LogP) is 2.27. The highest BCUT2D eigenvalue weighted by atomic mass is 19.3. The van der Waals surface area contributed by atoms with Gasteiger partial charge in [0, 0.05) is 5.56 Å². The average Bonchev–Trinajstić information content (AvgIpc) is 2.29. The molecule has 0 amide bonds. The molecule has 5 heteroatoms. The third-order valence-electron chi connectivity index (χ3n) is 2.37. The molecule has 3 nitrogen and oxygen atoms in total. The first kappa shape index (κ1) is 14.6. The Labute approximate surface area is 105 Å². The monoisotopic (exact) mass is 257 g/mol. The smallest absolute Gasteiger partial charge is 0.320 e. The first-order chi connectivity index (χ1) is 8.45. The van der Waals surface area contributed by atoms with Crippen LogP contribution >= 0.6 is 0 Å². The van der Waals surface area contributed by atoms with Gasteiger partial charge in [-0.05, 0) is 14.0 Å². The van der Waals surface area contributed by atoms with Gasteiger partial charge in [0.15, 0.2) is 0 Å². The van der Waals surface area contributed by atoms with Crippen LogP contribution in [0.3, 0.4) is 0 Å². The molecule has 0 aliphatic heterocycles. The van der Waals surface area contributed by atoms with E-state index in [-0.39, 0.29) is 18.7 Å². The van der Waals surface area contributed by atoms with E-state index < -0.39 is 18.4 Å². The topological polar surface area (TPSA) is 29.5 Å². The van der Waals surface area contributed by atoms with Gasteiger partial charge in [-0.15, -0.1) is 0 Å². The molecule has 0 saturated heterocycles. The summed E-state index contributed by atoms with van der Waals surface area (Å²) in [6, 6.07) is 7.56. The van der Waals surface area contributed by atoms with Crippen LogP contribution < -0.4 is 0 Å². The van der Waals surface area contributed by atoms with Crippen molar-refractivity contribution < 1.29 is 18.3 Å². The lowest BCUT2D eigenvalue weighted by atomic mass is 10.1. The number of alkyl halides is 2. The van der Waals surface area contributed by atoms with Crippen LogP contribution in [0.4, 0.5) is 8.78 Å². The number of ether oxygens (including phenoxy) is 1. The van der Waals surface area contributed by atoms with Crippen molar-refractivity contribution in [2.45, 2.75) is 12.8 Å². The largest absolute Gasteiger partial charge is 0.465 e. The molecule has 0 spiro atoms. The molecular formula is C13H17F2NO2. The molecule has 0 heterocycles. The highest BCUT2D eigenvalue weighted by Crippen LogP contribution is 2.28. The number of esters is 1. The van der Waals surface area contributed by atoms with Crippen LogP contribution in [-0.4, -0.2) is 37.6 Å². The molecule has 0 aromatic heterocycles. The van der Waals surface area contributed by atoms with E-state index in [0.29, 0.717) is 0 Å². The van der Waals surface area contributed by atoms with Gasteiger partial charge in [-0.25, -0.2) is 0 Å². The molecule has 100 valence electrons. The Morgan fingerprint density at radius 2 is 1.94 bits per heavy atom. The van der Waals surface area contributed by atoms with Gasteiger partial charge in [0.2, 0.25) is 0 Å². The van der Waals surface area contributed by atoms with Gasteiger partial charge in [-0.2, -0.15) is 8.78 Å². The molecular weight excluding hydrogens is 240 g/mol. The maximum absolute atomic E-state index is 13.8. The summed E-state index contributed by atoms with van der Waals surface area (Å²) in [6.07, 6.45) is 0. The Morgan fingerprint density at radius 1 is 1.33 bits per heavy atom. The Balaban J connectivity index is 2.58. The number of carbonyl (C=O) groups is 1. The standard InChI is InChI=1S/C13H17F2NO2/c1-3-18-12(17)9-16(2)10-13(14,15)11-7-5-4-6-8-11/h4-8H,3,9-10H2,1-2H3. The zero-order valence-corrected chi connectivity index (χ0v) is 10.5. The lowest BCUT2D eigenvalue weighted by molar-refractivity contribution is -0.145. The zero-order chi connectivity index (χ0) is 13.6. The fourth-order valence-electron chi connectivity index (χ4n) is 1.60. The summed E-state index contributed by atoms with van der Waals surface area (Å²) >= 11 is 0. The van der Waals surface area contributed by atoms with E-state index in [9.17, 15) is 13.6 Å². The molecule has 0 fully saturated rings. The number of hydrogen-bond acceptors (Lipinski definition) is 3. The molecule has 18 heavy (non-hydrogen) atoms. The van der Waals surface area contributed by atoms with E-state index in [1.807, 2.05) is 0 Å². The number of halogens is 2. The van der Waals surface area contributed by atoms with Crippen molar-refractivity contribution in [3.05, 3.63) is 35.9 Å². The lowest BCUT2D eigenvalue weighted by Gasteiger charge is -2.23. The number of likely N-dealkylation sites (N-methyl/N-ethyl adjacent to an activating group) is 1. The van der Waals surface area contributed by atoms with E-state index in [1.165, 1.54) is 24.1 Å². The Bertz CT molecular complexity index is 382. The van der Waals surface area contributed by atoms with Crippen molar-refractivity contribution in [1.29, 1.82) is 0 Å². The van der Waals surface area contributed by atoms with Crippen LogP contribution in [0.25, 0.3) is 0 Å². The summed E-state index contributed by atoms with van der Waals surface area (Å²) in [5, 5.41) is 0. The van der Waals surface area contributed by atoms with E-state index in [0.717, 1.165) is 0 Å². The van der Waals surface area contributed by atoms with Crippen LogP contribution in [0, 0.1) is 0 Å². The Kier molecular flexibility index (Phi) is 5.22. The summed E-state index contributed by atoms with van der Waals surface area (Å²) in [5.74, 6) is -3.48. The van der Waals surface area contributed by atoms with Gasteiger partial charge in [-0.1, -0.05) is 30.3 Å². The minimum absolute atomic E-state index is 0.0549. The van der Waals surface area contributed by atoms with Gasteiger partial charge in [-0.3, -0.25) is 9.69 Å². The van der Waals surface area contributed by atoms with Gasteiger partial charge in [0.25, 0.3) is 5.92 Å². The second-order valence-electron chi connectivity index (χ2n) is 4.05. The number of carbonyl (C=O) groups excluding carboxylic acids is 1. The first-order valence-electron chi connectivity index (χ1n) is 5.73. The number of rotatable bonds is 6. The number of nitrogens with zero attached hydrogens (tertiary/aromatic N) is 1. The summed E-state index contributed by atoms with van der Waals surface area (Å²) in [6.45, 7) is 1.27. The molecule has 1 aromatic carbocycles. The van der Waals surface area contributed by atoms with Gasteiger partial charge >= 0.3 is 5.97 Å². The van der Waals surface area contributed by atoms with E-state index in [4.69, 9.17) is 4.74 Å². The summed E-state index contributed by atoms with van der Waals surface area (Å²) in [5.41, 5.74) is -0.0549. The third kappa shape index (κ3) is 4.41. The molecule has 0 aliphatic carbocycles. The fourth-order valence-corrected chi connectivity index (χ4v) is 1.60. The maximum atomic E-state index is 13.8. The highest BCUT2D eigenvalue weighted by molar-refractivity contribution is 5.71. The van der Waals surface area contributed by atoms with Gasteiger partial charge in [0.05, 0.1) is 19.7 Å². The molecule has 0 saturated carbocycles. The van der Waals surface area contributed by atoms with Gasteiger partial charge in [0.1, 0.15) is 0 Å². The molecule has 0 radical (unpaired) electrons. The van der Waals surface area contributed by atoms with Crippen molar-refractivity contribution >= 4 is 5.97 Å². The van der Waals surface area contributed by atoms with Gasteiger partial charge < -0.3 is 4.74 Å². The molecule has 0 N–H and O–H groups in total. The first-order valence-corrected chi connectivity index (χ1v) is 5.73. The van der Waals surface area contributed by atoms with Crippen LogP contribution in [0.2, 0.25) is 0 Å². The van der Waals surface area contributed by atoms with Crippen LogP contribution in [0.1, 0.15) is 12.5 Å². The van der Waals surface area contributed by atoms with Crippen LogP contribution in [0.5, 0.6) is 0 Å². The molecule has 0 atom stereocenters. The van der Waals surface area contributed by atoms with E-state index >= 15 is 0 Å². The zero-order valence-electron chi connectivity index (χ0n) is 10.5. The predicted molar refractivity (Wildman–Crippen MR) is 64.5 cm³/mol. The van der Waals surface area contributed by atoms with E-state index in [1.54, 1.807) is 25.1 Å². The van der Waals surface area contributed by atoms with E-state index in [2.05, 4.69) is 0 Å². The minimum Gasteiger partial charge on any atom is -0.465 e. The van der Waals surface area contributed by atoms with Crippen molar-refractivity contribution in [3.63, 3.8) is 0 Å². The summed E-state index contributed by atoms with van der Waals surface area (Å²) in [7, 11) is 1.47. The molecule has 0 aliphatic rings. The quantitative estimate of drug-likeness (QED) is 0.732. The summed E-state index contributed by atoms with van der Waals surface area (Å²) in [4.78, 5) is 12.4. The number of hydrogen-bond donors (Lipinski definition) is 0. The maximum Gasteiger partial charge on any atom is 0.320 e. The summed E-state index contributed by atoms with van der Waals surface area (Å²) < 4.78 is 32.4. The molecule has 0 unspecified atom stereocenters. The average molecular weight is 257 g/mol. The van der Waals surface area contributed by atoms with Crippen molar-refractivity contribution in [2.75, 3.05) is 26.7 Å². The second-order valence-corrected chi connectivity index (χ2v) is 4.05. The Morgan fingerprint density at radius 3 is 2.50 bits per heavy atom. The number of benzene rings is 1. The minimum atomic E-state index is -2.98. The molecule has 1 aromatic rings. The Hall–Kier alpha value is -1.49. The fraction of sp³-hybridized carbons (Fsp3) is 0.462. The van der Waals surface area contributed by atoms with Crippen molar-refractivity contribution in [2.24, 2.45) is 0 Å². The van der Waals surface area contributed by atoms with Crippen molar-refractivity contribution in [3.8, 4) is 0 Å². The molecule has 1 rings (SSSR count). The third-order valence-corrected chi connectivity index (χ3v) is 2.37. The van der Waals surface area contributed by atoms with Crippen molar-refractivity contribution in [1.82, 2.24) is 4.90 Å². The molecule has 0 bridgehead atoms. The highest BCUT2D eigenvalue weighted by Gasteiger charge is 2.33. The SMILES string of the molecule is CCOC(=O)CN(C)CC(F)(F)c1ccccc1. The normalized spacial score (nSPS) is 11.6.